The van der Waals surface area contributed by atoms with E-state index in [1.165, 1.54) is 6.33 Å². The van der Waals surface area contributed by atoms with E-state index in [0.29, 0.717) is 12.5 Å². The molecule has 1 atom stereocenters. The highest BCUT2D eigenvalue weighted by molar-refractivity contribution is 5.47. The van der Waals surface area contributed by atoms with E-state index in [0.717, 1.165) is 37.4 Å². The Hall–Kier alpha value is -1.36. The van der Waals surface area contributed by atoms with E-state index in [-0.39, 0.29) is 6.10 Å². The number of rotatable bonds is 5. The Bertz CT molecular complexity index is 365. The molecule has 5 heteroatoms. The Morgan fingerprint density at radius 1 is 1.53 bits per heavy atom. The quantitative estimate of drug-likeness (QED) is 0.846. The first-order valence-corrected chi connectivity index (χ1v) is 6.11. The molecule has 2 rings (SSSR count). The van der Waals surface area contributed by atoms with Gasteiger partial charge in [-0.05, 0) is 13.3 Å². The second-order valence-corrected chi connectivity index (χ2v) is 4.18. The monoisotopic (exact) mass is 237 g/mol. The predicted octanol–water partition coefficient (Wildman–Crippen LogP) is 1.77. The summed E-state index contributed by atoms with van der Waals surface area (Å²) >= 11 is 0. The number of anilines is 1. The van der Waals surface area contributed by atoms with E-state index in [4.69, 9.17) is 9.47 Å². The van der Waals surface area contributed by atoms with Gasteiger partial charge >= 0.3 is 0 Å². The van der Waals surface area contributed by atoms with E-state index < -0.39 is 0 Å². The molecule has 0 aromatic carbocycles. The van der Waals surface area contributed by atoms with Crippen molar-refractivity contribution in [2.45, 2.75) is 32.8 Å². The zero-order chi connectivity index (χ0) is 12.1. The van der Waals surface area contributed by atoms with Gasteiger partial charge in [0.15, 0.2) is 0 Å². The van der Waals surface area contributed by atoms with Gasteiger partial charge in [0.05, 0.1) is 18.8 Å². The normalized spacial score (nSPS) is 19.3. The second kappa shape index (κ2) is 5.82. The van der Waals surface area contributed by atoms with Crippen LogP contribution in [0.15, 0.2) is 6.33 Å². The van der Waals surface area contributed by atoms with Crippen molar-refractivity contribution in [2.75, 3.05) is 25.1 Å². The summed E-state index contributed by atoms with van der Waals surface area (Å²) in [6.45, 7) is 6.43. The average molecular weight is 237 g/mol. The van der Waals surface area contributed by atoms with Crippen LogP contribution in [0.25, 0.3) is 0 Å². The van der Waals surface area contributed by atoms with Crippen LogP contribution in [0.1, 0.15) is 25.3 Å². The highest BCUT2D eigenvalue weighted by Gasteiger charge is 2.19. The molecule has 1 saturated heterocycles. The van der Waals surface area contributed by atoms with Crippen molar-refractivity contribution in [3.05, 3.63) is 11.9 Å². The third kappa shape index (κ3) is 3.06. The Kier molecular flexibility index (Phi) is 4.14. The van der Waals surface area contributed by atoms with Crippen LogP contribution < -0.4 is 10.1 Å². The molecule has 1 N–H and O–H groups in total. The summed E-state index contributed by atoms with van der Waals surface area (Å²) in [5.74, 6) is 1.52. The summed E-state index contributed by atoms with van der Waals surface area (Å²) in [7, 11) is 0. The summed E-state index contributed by atoms with van der Waals surface area (Å²) in [6, 6.07) is 0. The number of hydrogen-bond acceptors (Lipinski definition) is 5. The largest absolute Gasteiger partial charge is 0.471 e. The van der Waals surface area contributed by atoms with E-state index in [9.17, 15) is 0 Å². The summed E-state index contributed by atoms with van der Waals surface area (Å²) in [4.78, 5) is 8.40. The van der Waals surface area contributed by atoms with Gasteiger partial charge < -0.3 is 14.8 Å². The van der Waals surface area contributed by atoms with Crippen molar-refractivity contribution < 1.29 is 9.47 Å². The lowest BCUT2D eigenvalue weighted by atomic mass is 10.3. The molecule has 1 aliphatic heterocycles. The SMILES string of the molecule is CCCNc1ncnc(OC2CCOC2)c1C. The minimum absolute atomic E-state index is 0.127. The minimum atomic E-state index is 0.127. The molecule has 0 spiro atoms. The van der Waals surface area contributed by atoms with Gasteiger partial charge in [-0.2, -0.15) is 0 Å². The van der Waals surface area contributed by atoms with Crippen LogP contribution >= 0.6 is 0 Å². The molecule has 0 bridgehead atoms. The number of ether oxygens (including phenoxy) is 2. The highest BCUT2D eigenvalue weighted by Crippen LogP contribution is 2.23. The van der Waals surface area contributed by atoms with Crippen molar-refractivity contribution in [1.82, 2.24) is 9.97 Å². The number of nitrogens with one attached hydrogen (secondary N) is 1. The molecule has 17 heavy (non-hydrogen) atoms. The van der Waals surface area contributed by atoms with Crippen molar-refractivity contribution in [3.8, 4) is 5.88 Å². The van der Waals surface area contributed by atoms with Crippen LogP contribution in [0.4, 0.5) is 5.82 Å². The average Bonchev–Trinajstić information content (AvgIpc) is 2.83. The van der Waals surface area contributed by atoms with Crippen LogP contribution in [0.2, 0.25) is 0 Å². The van der Waals surface area contributed by atoms with Crippen molar-refractivity contribution >= 4 is 5.82 Å². The molecule has 1 unspecified atom stereocenters. The van der Waals surface area contributed by atoms with Gasteiger partial charge in [-0.15, -0.1) is 0 Å². The van der Waals surface area contributed by atoms with E-state index >= 15 is 0 Å². The Balaban J connectivity index is 2.05. The molecule has 0 amide bonds. The summed E-state index contributed by atoms with van der Waals surface area (Å²) in [5, 5.41) is 3.27. The molecule has 94 valence electrons. The zero-order valence-electron chi connectivity index (χ0n) is 10.4. The van der Waals surface area contributed by atoms with E-state index in [1.54, 1.807) is 0 Å². The lowest BCUT2D eigenvalue weighted by Gasteiger charge is -2.14. The third-order valence-electron chi connectivity index (χ3n) is 2.75. The molecule has 1 aromatic rings. The van der Waals surface area contributed by atoms with E-state index in [2.05, 4.69) is 22.2 Å². The molecular weight excluding hydrogens is 218 g/mol. The fourth-order valence-electron chi connectivity index (χ4n) is 1.74. The maximum absolute atomic E-state index is 5.81. The molecule has 5 nitrogen and oxygen atoms in total. The van der Waals surface area contributed by atoms with Gasteiger partial charge in [-0.25, -0.2) is 9.97 Å². The van der Waals surface area contributed by atoms with Crippen molar-refractivity contribution in [2.24, 2.45) is 0 Å². The van der Waals surface area contributed by atoms with Crippen LogP contribution in [-0.2, 0) is 4.74 Å². The Morgan fingerprint density at radius 2 is 2.41 bits per heavy atom. The van der Waals surface area contributed by atoms with Crippen LogP contribution in [0.3, 0.4) is 0 Å². The van der Waals surface area contributed by atoms with Gasteiger partial charge in [-0.1, -0.05) is 6.92 Å². The number of nitrogens with zero attached hydrogens (tertiary/aromatic N) is 2. The topological polar surface area (TPSA) is 56.3 Å². The summed E-state index contributed by atoms with van der Waals surface area (Å²) in [6.07, 6.45) is 3.66. The zero-order valence-corrected chi connectivity index (χ0v) is 10.4. The Labute approximate surface area is 102 Å². The van der Waals surface area contributed by atoms with Crippen LogP contribution in [-0.4, -0.2) is 35.8 Å². The maximum atomic E-state index is 5.81. The molecule has 0 saturated carbocycles. The smallest absolute Gasteiger partial charge is 0.221 e. The van der Waals surface area contributed by atoms with Crippen LogP contribution in [0.5, 0.6) is 5.88 Å². The lowest BCUT2D eigenvalue weighted by molar-refractivity contribution is 0.137. The highest BCUT2D eigenvalue weighted by atomic mass is 16.5. The van der Waals surface area contributed by atoms with Crippen LogP contribution in [0, 0.1) is 6.92 Å². The first-order valence-electron chi connectivity index (χ1n) is 6.11. The molecule has 1 fully saturated rings. The first-order chi connectivity index (χ1) is 8.31. The lowest BCUT2D eigenvalue weighted by Crippen LogP contribution is -2.18. The van der Waals surface area contributed by atoms with Gasteiger partial charge in [0, 0.05) is 13.0 Å². The molecule has 0 radical (unpaired) electrons. The third-order valence-corrected chi connectivity index (χ3v) is 2.75. The predicted molar refractivity (Wildman–Crippen MR) is 65.4 cm³/mol. The summed E-state index contributed by atoms with van der Waals surface area (Å²) < 4.78 is 11.1. The van der Waals surface area contributed by atoms with Gasteiger partial charge in [0.1, 0.15) is 18.2 Å². The minimum Gasteiger partial charge on any atom is -0.471 e. The van der Waals surface area contributed by atoms with E-state index in [1.807, 2.05) is 6.92 Å². The number of aromatic nitrogens is 2. The first kappa shape index (κ1) is 12.1. The van der Waals surface area contributed by atoms with Gasteiger partial charge in [-0.3, -0.25) is 0 Å². The molecular formula is C12H19N3O2. The number of hydrogen-bond donors (Lipinski definition) is 1. The summed E-state index contributed by atoms with van der Waals surface area (Å²) in [5.41, 5.74) is 0.966. The fraction of sp³-hybridized carbons (Fsp3) is 0.667. The standard InChI is InChI=1S/C12H19N3O2/c1-3-5-13-11-9(2)12(15-8-14-11)17-10-4-6-16-7-10/h8,10H,3-7H2,1-2H3,(H,13,14,15). The molecule has 2 heterocycles. The van der Waals surface area contributed by atoms with Crippen molar-refractivity contribution in [3.63, 3.8) is 0 Å². The molecule has 1 aliphatic rings. The molecule has 1 aromatic heterocycles. The maximum Gasteiger partial charge on any atom is 0.221 e. The second-order valence-electron chi connectivity index (χ2n) is 4.18. The molecule has 0 aliphatic carbocycles. The van der Waals surface area contributed by atoms with Crippen molar-refractivity contribution in [1.29, 1.82) is 0 Å². The van der Waals surface area contributed by atoms with Gasteiger partial charge in [0.25, 0.3) is 0 Å². The fourth-order valence-corrected chi connectivity index (χ4v) is 1.74. The van der Waals surface area contributed by atoms with Gasteiger partial charge in [0.2, 0.25) is 5.88 Å². The Morgan fingerprint density at radius 3 is 3.12 bits per heavy atom.